The van der Waals surface area contributed by atoms with Crippen molar-refractivity contribution >= 4 is 11.9 Å². The summed E-state index contributed by atoms with van der Waals surface area (Å²) in [6.45, 7) is 3.87. The van der Waals surface area contributed by atoms with Gasteiger partial charge in [-0.25, -0.2) is 4.68 Å². The van der Waals surface area contributed by atoms with Crippen molar-refractivity contribution in [3.63, 3.8) is 0 Å². The number of anilines is 1. The Hall–Kier alpha value is -3.03. The van der Waals surface area contributed by atoms with E-state index in [2.05, 4.69) is 25.8 Å². The first-order valence-corrected chi connectivity index (χ1v) is 7.31. The van der Waals surface area contributed by atoms with Crippen molar-refractivity contribution in [3.05, 3.63) is 48.3 Å². The Morgan fingerprint density at radius 1 is 1.17 bits per heavy atom. The number of carbonyl (C=O) groups excluding carboxylic acids is 1. The van der Waals surface area contributed by atoms with Crippen molar-refractivity contribution in [1.82, 2.24) is 30.0 Å². The highest BCUT2D eigenvalue weighted by atomic mass is 16.1. The van der Waals surface area contributed by atoms with Crippen molar-refractivity contribution in [1.29, 1.82) is 0 Å². The molecule has 0 aliphatic heterocycles. The Morgan fingerprint density at radius 3 is 2.65 bits per heavy atom. The summed E-state index contributed by atoms with van der Waals surface area (Å²) in [7, 11) is 0. The van der Waals surface area contributed by atoms with E-state index in [0.29, 0.717) is 5.69 Å². The van der Waals surface area contributed by atoms with Crippen LogP contribution in [-0.2, 0) is 11.2 Å². The monoisotopic (exact) mass is 311 g/mol. The molecule has 1 aromatic carbocycles. The van der Waals surface area contributed by atoms with Crippen LogP contribution in [0, 0.1) is 0 Å². The number of benzene rings is 1. The molecule has 0 radical (unpaired) electrons. The highest BCUT2D eigenvalue weighted by Gasteiger charge is 2.11. The van der Waals surface area contributed by atoms with Gasteiger partial charge in [0.1, 0.15) is 0 Å². The van der Waals surface area contributed by atoms with Crippen LogP contribution in [0.2, 0.25) is 0 Å². The van der Waals surface area contributed by atoms with Gasteiger partial charge in [-0.2, -0.15) is 9.90 Å². The number of hydrogen-bond acceptors (Lipinski definition) is 5. The lowest BCUT2D eigenvalue weighted by molar-refractivity contribution is -0.115. The summed E-state index contributed by atoms with van der Waals surface area (Å²) in [5.74, 6) is -0.0298. The third-order valence-corrected chi connectivity index (χ3v) is 3.15. The van der Waals surface area contributed by atoms with Crippen molar-refractivity contribution < 1.29 is 4.79 Å². The van der Waals surface area contributed by atoms with Crippen LogP contribution in [0.25, 0.3) is 5.69 Å². The second-order valence-corrected chi connectivity index (χ2v) is 5.34. The van der Waals surface area contributed by atoms with E-state index in [1.807, 2.05) is 56.4 Å². The number of nitrogens with one attached hydrogen (secondary N) is 1. The molecule has 118 valence electrons. The molecular weight excluding hydrogens is 294 g/mol. The Bertz CT molecular complexity index is 791. The largest absolute Gasteiger partial charge is 0.292 e. The molecule has 8 heteroatoms. The van der Waals surface area contributed by atoms with Crippen LogP contribution in [0.15, 0.2) is 42.6 Å². The fourth-order valence-electron chi connectivity index (χ4n) is 2.01. The summed E-state index contributed by atoms with van der Waals surface area (Å²) >= 11 is 0. The third-order valence-electron chi connectivity index (χ3n) is 3.15. The molecule has 0 saturated carbocycles. The van der Waals surface area contributed by atoms with Gasteiger partial charge in [0.2, 0.25) is 5.91 Å². The van der Waals surface area contributed by atoms with E-state index in [4.69, 9.17) is 0 Å². The third kappa shape index (κ3) is 3.60. The van der Waals surface area contributed by atoms with E-state index >= 15 is 0 Å². The zero-order chi connectivity index (χ0) is 16.2. The van der Waals surface area contributed by atoms with Gasteiger partial charge < -0.3 is 0 Å². The molecule has 23 heavy (non-hydrogen) atoms. The molecule has 1 N–H and O–H groups in total. The smallest absolute Gasteiger partial charge is 0.270 e. The number of para-hydroxylation sites is 1. The number of carbonyl (C=O) groups is 1. The standard InChI is InChI=1S/C15H17N7O/c1-11(2)22-19-15(17-20-22)16-14(23)10-12-8-9-21(18-12)13-6-4-3-5-7-13/h3-9,11H,10H2,1-2H3,(H,16,19,23). The van der Waals surface area contributed by atoms with Crippen molar-refractivity contribution in [3.8, 4) is 5.69 Å². The van der Waals surface area contributed by atoms with E-state index in [1.165, 1.54) is 4.80 Å². The number of rotatable bonds is 5. The lowest BCUT2D eigenvalue weighted by Crippen LogP contribution is -2.16. The van der Waals surface area contributed by atoms with E-state index in [9.17, 15) is 4.79 Å². The molecular formula is C15H17N7O. The van der Waals surface area contributed by atoms with Crippen LogP contribution < -0.4 is 5.32 Å². The van der Waals surface area contributed by atoms with Crippen LogP contribution >= 0.6 is 0 Å². The molecule has 8 nitrogen and oxygen atoms in total. The molecule has 0 spiro atoms. The quantitative estimate of drug-likeness (QED) is 0.773. The van der Waals surface area contributed by atoms with Gasteiger partial charge in [-0.15, -0.1) is 5.10 Å². The first-order chi connectivity index (χ1) is 11.1. The summed E-state index contributed by atoms with van der Waals surface area (Å²) in [5.41, 5.74) is 1.61. The van der Waals surface area contributed by atoms with Gasteiger partial charge in [0.05, 0.1) is 23.8 Å². The minimum absolute atomic E-state index is 0.0923. The van der Waals surface area contributed by atoms with Crippen LogP contribution in [0.5, 0.6) is 0 Å². The lowest BCUT2D eigenvalue weighted by atomic mass is 10.3. The van der Waals surface area contributed by atoms with E-state index in [1.54, 1.807) is 4.68 Å². The Kier molecular flexibility index (Phi) is 4.13. The fraction of sp³-hybridized carbons (Fsp3) is 0.267. The summed E-state index contributed by atoms with van der Waals surface area (Å²) < 4.78 is 1.73. The molecule has 0 saturated heterocycles. The number of aromatic nitrogens is 6. The molecule has 0 aliphatic rings. The van der Waals surface area contributed by atoms with Crippen molar-refractivity contribution in [2.24, 2.45) is 0 Å². The average molecular weight is 311 g/mol. The molecule has 2 aromatic heterocycles. The second kappa shape index (κ2) is 6.39. The molecule has 0 aliphatic carbocycles. The lowest BCUT2D eigenvalue weighted by Gasteiger charge is -2.01. The van der Waals surface area contributed by atoms with E-state index < -0.39 is 0 Å². The number of amides is 1. The molecule has 3 aromatic rings. The second-order valence-electron chi connectivity index (χ2n) is 5.34. The first kappa shape index (κ1) is 14.9. The van der Waals surface area contributed by atoms with Gasteiger partial charge in [0.15, 0.2) is 0 Å². The van der Waals surface area contributed by atoms with Gasteiger partial charge >= 0.3 is 0 Å². The number of tetrazole rings is 1. The molecule has 1 amide bonds. The van der Waals surface area contributed by atoms with Crippen molar-refractivity contribution in [2.45, 2.75) is 26.3 Å². The molecule has 0 fully saturated rings. The Labute approximate surface area is 133 Å². The van der Waals surface area contributed by atoms with Crippen LogP contribution in [-0.4, -0.2) is 35.9 Å². The highest BCUT2D eigenvalue weighted by Crippen LogP contribution is 2.08. The summed E-state index contributed by atoms with van der Waals surface area (Å²) in [6, 6.07) is 11.6. The van der Waals surface area contributed by atoms with Crippen LogP contribution in [0.4, 0.5) is 5.95 Å². The maximum atomic E-state index is 12.0. The maximum Gasteiger partial charge on any atom is 0.270 e. The zero-order valence-electron chi connectivity index (χ0n) is 12.9. The molecule has 2 heterocycles. The predicted octanol–water partition coefficient (Wildman–Crippen LogP) is 1.62. The van der Waals surface area contributed by atoms with Crippen LogP contribution in [0.3, 0.4) is 0 Å². The zero-order valence-corrected chi connectivity index (χ0v) is 12.9. The summed E-state index contributed by atoms with van der Waals surface area (Å²) in [5, 5.41) is 18.7. The van der Waals surface area contributed by atoms with Crippen LogP contribution in [0.1, 0.15) is 25.6 Å². The van der Waals surface area contributed by atoms with Gasteiger partial charge in [0.25, 0.3) is 5.95 Å². The minimum atomic E-state index is -0.230. The SMILES string of the molecule is CC(C)n1nnc(NC(=O)Cc2ccn(-c3ccccc3)n2)n1. The highest BCUT2D eigenvalue weighted by molar-refractivity contribution is 5.90. The Morgan fingerprint density at radius 2 is 1.96 bits per heavy atom. The molecule has 0 atom stereocenters. The Balaban J connectivity index is 1.63. The molecule has 0 unspecified atom stereocenters. The summed E-state index contributed by atoms with van der Waals surface area (Å²) in [6.07, 6.45) is 1.97. The molecule has 3 rings (SSSR count). The topological polar surface area (TPSA) is 90.5 Å². The molecule has 0 bridgehead atoms. The fourth-order valence-corrected chi connectivity index (χ4v) is 2.01. The van der Waals surface area contributed by atoms with Gasteiger partial charge in [0, 0.05) is 6.20 Å². The maximum absolute atomic E-state index is 12.0. The van der Waals surface area contributed by atoms with Gasteiger partial charge in [-0.05, 0) is 37.3 Å². The minimum Gasteiger partial charge on any atom is -0.292 e. The number of hydrogen-bond donors (Lipinski definition) is 1. The number of nitrogens with zero attached hydrogens (tertiary/aromatic N) is 6. The summed E-state index contributed by atoms with van der Waals surface area (Å²) in [4.78, 5) is 13.5. The van der Waals surface area contributed by atoms with E-state index in [0.717, 1.165) is 5.69 Å². The predicted molar refractivity (Wildman–Crippen MR) is 84.1 cm³/mol. The van der Waals surface area contributed by atoms with Gasteiger partial charge in [-0.1, -0.05) is 23.3 Å². The first-order valence-electron chi connectivity index (χ1n) is 7.31. The average Bonchev–Trinajstić information content (AvgIpc) is 3.18. The van der Waals surface area contributed by atoms with Crippen molar-refractivity contribution in [2.75, 3.05) is 5.32 Å². The van der Waals surface area contributed by atoms with Gasteiger partial charge in [-0.3, -0.25) is 10.1 Å². The van der Waals surface area contributed by atoms with E-state index in [-0.39, 0.29) is 24.3 Å². The normalized spacial score (nSPS) is 10.9.